The highest BCUT2D eigenvalue weighted by Gasteiger charge is 1.96. The van der Waals surface area contributed by atoms with Crippen LogP contribution in [0, 0.1) is 17.4 Å². The second-order valence-corrected chi connectivity index (χ2v) is 5.21. The Morgan fingerprint density at radius 1 is 1.00 bits per heavy atom. The van der Waals surface area contributed by atoms with E-state index in [0.29, 0.717) is 0 Å². The molecule has 0 aliphatic carbocycles. The Labute approximate surface area is 116 Å². The lowest BCUT2D eigenvalue weighted by atomic mass is 10.1. The summed E-state index contributed by atoms with van der Waals surface area (Å²) in [6.07, 6.45) is 1.92. The molecule has 0 heterocycles. The maximum Gasteiger partial charge on any atom is 0.0632 e. The third kappa shape index (κ3) is 3.16. The Hall–Kier alpha value is -1.16. The minimum atomic E-state index is 1.01. The Morgan fingerprint density at radius 2 is 1.76 bits per heavy atom. The van der Waals surface area contributed by atoms with Crippen LogP contribution in [0.4, 0.5) is 5.69 Å². The summed E-state index contributed by atoms with van der Waals surface area (Å²) in [5, 5.41) is 0. The van der Waals surface area contributed by atoms with Gasteiger partial charge in [-0.3, -0.25) is 4.99 Å². The Bertz CT molecular complexity index is 559. The molecule has 0 amide bonds. The standard InChI is InChI=1S/C15H14IN/c1-11-7-8-14(9-12(11)2)17-10-13-5-3-4-6-15(13)16/h3-10H,1-2H3. The van der Waals surface area contributed by atoms with E-state index in [-0.39, 0.29) is 0 Å². The molecule has 2 aromatic carbocycles. The zero-order chi connectivity index (χ0) is 12.3. The number of hydrogen-bond donors (Lipinski definition) is 0. The summed E-state index contributed by atoms with van der Waals surface area (Å²) in [6, 6.07) is 14.5. The quantitative estimate of drug-likeness (QED) is 0.559. The Kier molecular flexibility index (Phi) is 3.94. The van der Waals surface area contributed by atoms with Crippen LogP contribution in [0.3, 0.4) is 0 Å². The molecule has 0 radical (unpaired) electrons. The van der Waals surface area contributed by atoms with Crippen LogP contribution >= 0.6 is 22.6 Å². The van der Waals surface area contributed by atoms with Gasteiger partial charge in [0.05, 0.1) is 5.69 Å². The summed E-state index contributed by atoms with van der Waals surface area (Å²) in [7, 11) is 0. The van der Waals surface area contributed by atoms with Gasteiger partial charge in [-0.25, -0.2) is 0 Å². The summed E-state index contributed by atoms with van der Waals surface area (Å²) in [4.78, 5) is 4.51. The lowest BCUT2D eigenvalue weighted by molar-refractivity contribution is 1.33. The van der Waals surface area contributed by atoms with Crippen molar-refractivity contribution in [3.05, 3.63) is 62.7 Å². The molecule has 17 heavy (non-hydrogen) atoms. The minimum Gasteiger partial charge on any atom is -0.256 e. The van der Waals surface area contributed by atoms with Gasteiger partial charge in [0.15, 0.2) is 0 Å². The molecule has 0 unspecified atom stereocenters. The molecule has 1 nitrogen and oxygen atoms in total. The van der Waals surface area contributed by atoms with Gasteiger partial charge in [-0.1, -0.05) is 24.3 Å². The number of hydrogen-bond acceptors (Lipinski definition) is 1. The summed E-state index contributed by atoms with van der Waals surface area (Å²) >= 11 is 2.32. The van der Waals surface area contributed by atoms with Gasteiger partial charge >= 0.3 is 0 Å². The van der Waals surface area contributed by atoms with Crippen molar-refractivity contribution in [1.82, 2.24) is 0 Å². The summed E-state index contributed by atoms with van der Waals surface area (Å²) < 4.78 is 1.22. The van der Waals surface area contributed by atoms with Crippen molar-refractivity contribution >= 4 is 34.5 Å². The lowest BCUT2D eigenvalue weighted by Gasteiger charge is -2.01. The van der Waals surface area contributed by atoms with Gasteiger partial charge in [-0.15, -0.1) is 0 Å². The molecular formula is C15H14IN. The van der Waals surface area contributed by atoms with E-state index in [1.807, 2.05) is 18.3 Å². The predicted molar refractivity (Wildman–Crippen MR) is 82.3 cm³/mol. The monoisotopic (exact) mass is 335 g/mol. The highest BCUT2D eigenvalue weighted by molar-refractivity contribution is 14.1. The molecule has 2 rings (SSSR count). The molecule has 0 aliphatic rings. The molecule has 0 saturated heterocycles. The molecule has 2 aromatic rings. The van der Waals surface area contributed by atoms with Crippen LogP contribution in [0.5, 0.6) is 0 Å². The average molecular weight is 335 g/mol. The van der Waals surface area contributed by atoms with Gasteiger partial charge in [0.1, 0.15) is 0 Å². The van der Waals surface area contributed by atoms with Crippen molar-refractivity contribution in [1.29, 1.82) is 0 Å². The molecule has 0 aromatic heterocycles. The molecule has 0 atom stereocenters. The Morgan fingerprint density at radius 3 is 2.47 bits per heavy atom. The number of halogens is 1. The van der Waals surface area contributed by atoms with Crippen molar-refractivity contribution in [3.8, 4) is 0 Å². The van der Waals surface area contributed by atoms with Gasteiger partial charge in [0.2, 0.25) is 0 Å². The van der Waals surface area contributed by atoms with Crippen molar-refractivity contribution in [2.45, 2.75) is 13.8 Å². The second kappa shape index (κ2) is 5.45. The molecule has 0 aliphatic heterocycles. The van der Waals surface area contributed by atoms with Gasteiger partial charge < -0.3 is 0 Å². The highest BCUT2D eigenvalue weighted by Crippen LogP contribution is 2.17. The van der Waals surface area contributed by atoms with E-state index in [1.54, 1.807) is 0 Å². The largest absolute Gasteiger partial charge is 0.256 e. The van der Waals surface area contributed by atoms with Crippen molar-refractivity contribution in [2.24, 2.45) is 4.99 Å². The van der Waals surface area contributed by atoms with Gasteiger partial charge in [-0.2, -0.15) is 0 Å². The smallest absolute Gasteiger partial charge is 0.0632 e. The normalized spacial score (nSPS) is 11.0. The zero-order valence-corrected chi connectivity index (χ0v) is 12.1. The molecule has 0 N–H and O–H groups in total. The minimum absolute atomic E-state index is 1.01. The van der Waals surface area contributed by atoms with Gasteiger partial charge in [0, 0.05) is 15.3 Å². The zero-order valence-electron chi connectivity index (χ0n) is 9.94. The molecule has 2 heteroatoms. The van der Waals surface area contributed by atoms with E-state index in [0.717, 1.165) is 11.3 Å². The summed E-state index contributed by atoms with van der Waals surface area (Å²) in [5.74, 6) is 0. The van der Waals surface area contributed by atoms with Gasteiger partial charge in [0.25, 0.3) is 0 Å². The molecule has 0 bridgehead atoms. The fraction of sp³-hybridized carbons (Fsp3) is 0.133. The third-order valence-corrected chi connectivity index (χ3v) is 3.73. The molecule has 0 fully saturated rings. The number of aryl methyl sites for hydroxylation is 2. The number of benzene rings is 2. The lowest BCUT2D eigenvalue weighted by Crippen LogP contribution is -1.85. The fourth-order valence-electron chi connectivity index (χ4n) is 1.53. The van der Waals surface area contributed by atoms with Crippen LogP contribution in [0.25, 0.3) is 0 Å². The van der Waals surface area contributed by atoms with E-state index in [4.69, 9.17) is 0 Å². The first-order valence-electron chi connectivity index (χ1n) is 5.52. The van der Waals surface area contributed by atoms with E-state index in [2.05, 4.69) is 71.8 Å². The average Bonchev–Trinajstić information content (AvgIpc) is 2.32. The first-order valence-corrected chi connectivity index (χ1v) is 6.60. The highest BCUT2D eigenvalue weighted by atomic mass is 127. The maximum absolute atomic E-state index is 4.51. The van der Waals surface area contributed by atoms with E-state index in [1.165, 1.54) is 14.7 Å². The van der Waals surface area contributed by atoms with Gasteiger partial charge in [-0.05, 0) is 65.8 Å². The van der Waals surface area contributed by atoms with Crippen LogP contribution in [-0.4, -0.2) is 6.21 Å². The van der Waals surface area contributed by atoms with E-state index in [9.17, 15) is 0 Å². The molecule has 86 valence electrons. The van der Waals surface area contributed by atoms with Crippen LogP contribution in [0.2, 0.25) is 0 Å². The van der Waals surface area contributed by atoms with E-state index >= 15 is 0 Å². The van der Waals surface area contributed by atoms with Crippen LogP contribution in [0.1, 0.15) is 16.7 Å². The van der Waals surface area contributed by atoms with E-state index < -0.39 is 0 Å². The number of aliphatic imine (C=N–C) groups is 1. The third-order valence-electron chi connectivity index (χ3n) is 2.75. The maximum atomic E-state index is 4.51. The molecular weight excluding hydrogens is 321 g/mol. The summed E-state index contributed by atoms with van der Waals surface area (Å²) in [6.45, 7) is 4.23. The SMILES string of the molecule is Cc1ccc(N=Cc2ccccc2I)cc1C. The Balaban J connectivity index is 2.26. The van der Waals surface area contributed by atoms with Crippen LogP contribution < -0.4 is 0 Å². The van der Waals surface area contributed by atoms with Crippen molar-refractivity contribution in [2.75, 3.05) is 0 Å². The number of rotatable bonds is 2. The summed E-state index contributed by atoms with van der Waals surface area (Å²) in [5.41, 5.74) is 4.75. The predicted octanol–water partition coefficient (Wildman–Crippen LogP) is 4.66. The first kappa shape index (κ1) is 12.3. The fourth-order valence-corrected chi connectivity index (χ4v) is 2.06. The van der Waals surface area contributed by atoms with Crippen molar-refractivity contribution in [3.63, 3.8) is 0 Å². The number of nitrogens with zero attached hydrogens (tertiary/aromatic N) is 1. The molecule has 0 saturated carbocycles. The second-order valence-electron chi connectivity index (χ2n) is 4.05. The van der Waals surface area contributed by atoms with Crippen LogP contribution in [-0.2, 0) is 0 Å². The van der Waals surface area contributed by atoms with Crippen molar-refractivity contribution < 1.29 is 0 Å². The molecule has 0 spiro atoms. The first-order chi connectivity index (χ1) is 8.16. The topological polar surface area (TPSA) is 12.4 Å². The van der Waals surface area contributed by atoms with Crippen LogP contribution in [0.15, 0.2) is 47.5 Å².